The molecule has 3 heterocycles. The number of nitrogens with zero attached hydrogens (tertiary/aromatic N) is 4. The van der Waals surface area contributed by atoms with Crippen LogP contribution in [0, 0.1) is 12.3 Å². The van der Waals surface area contributed by atoms with Crippen molar-refractivity contribution in [2.75, 3.05) is 13.1 Å². The van der Waals surface area contributed by atoms with Crippen molar-refractivity contribution in [1.82, 2.24) is 24.6 Å². The molecule has 0 radical (unpaired) electrons. The molecule has 1 aliphatic heterocycles. The molecule has 1 amide bonds. The molecule has 1 aliphatic carbocycles. The normalized spacial score (nSPS) is 17.2. The Bertz CT molecular complexity index is 1380. The summed E-state index contributed by atoms with van der Waals surface area (Å²) in [6.45, 7) is 7.44. The quantitative estimate of drug-likeness (QED) is 0.465. The number of hydrogen-bond acceptors (Lipinski definition) is 3. The van der Waals surface area contributed by atoms with E-state index in [0.717, 1.165) is 59.6 Å². The van der Waals surface area contributed by atoms with Crippen molar-refractivity contribution in [2.45, 2.75) is 25.7 Å². The number of hydrogen-bond donors (Lipinski definition) is 1. The molecule has 0 bridgehead atoms. The third kappa shape index (κ3) is 2.97. The Morgan fingerprint density at radius 3 is 2.67 bits per heavy atom. The van der Waals surface area contributed by atoms with E-state index >= 15 is 0 Å². The number of H-pyrrole nitrogens is 1. The Morgan fingerprint density at radius 2 is 1.94 bits per heavy atom. The van der Waals surface area contributed by atoms with Gasteiger partial charge < -0.3 is 9.47 Å². The summed E-state index contributed by atoms with van der Waals surface area (Å²) in [4.78, 5) is 19.0. The Hall–Kier alpha value is -3.67. The van der Waals surface area contributed by atoms with Gasteiger partial charge in [0.2, 0.25) is 5.91 Å². The number of nitrogens with one attached hydrogen (secondary N) is 1. The molecule has 33 heavy (non-hydrogen) atoms. The van der Waals surface area contributed by atoms with Gasteiger partial charge in [-0.05, 0) is 37.5 Å². The minimum atomic E-state index is 0.0402. The van der Waals surface area contributed by atoms with E-state index in [2.05, 4.69) is 71.7 Å². The van der Waals surface area contributed by atoms with Crippen molar-refractivity contribution in [1.29, 1.82) is 0 Å². The van der Waals surface area contributed by atoms with Gasteiger partial charge in [0, 0.05) is 48.0 Å². The van der Waals surface area contributed by atoms with Gasteiger partial charge >= 0.3 is 0 Å². The number of carbonyl (C=O) groups excluding carboxylic acids is 1. The standard InChI is InChI=1S/C27H27N5O/c1-4-22(33)32-15-27(16-32)12-19(13-27)26-29-24(18-8-6-5-7-9-18)25(31(26)3)23-17(2)10-11-21-20(23)14-28-30-21/h4-11,14,19H,1,12-13,15-16H2,2-3H3,(H,28,30). The van der Waals surface area contributed by atoms with Gasteiger partial charge in [-0.25, -0.2) is 4.98 Å². The number of aromatic nitrogens is 4. The minimum Gasteiger partial charge on any atom is -0.338 e. The second-order valence-corrected chi connectivity index (χ2v) is 9.68. The first kappa shape index (κ1) is 20.0. The first-order valence-electron chi connectivity index (χ1n) is 11.5. The van der Waals surface area contributed by atoms with Gasteiger partial charge in [-0.2, -0.15) is 5.10 Å². The number of amides is 1. The van der Waals surface area contributed by atoms with Crippen LogP contribution in [0.4, 0.5) is 0 Å². The number of likely N-dealkylation sites (tertiary alicyclic amines) is 1. The van der Waals surface area contributed by atoms with E-state index in [1.165, 1.54) is 17.2 Å². The molecule has 0 atom stereocenters. The minimum absolute atomic E-state index is 0.0402. The molecule has 6 nitrogen and oxygen atoms in total. The number of aromatic amines is 1. The Kier molecular flexibility index (Phi) is 4.34. The van der Waals surface area contributed by atoms with Gasteiger partial charge in [-0.1, -0.05) is 43.0 Å². The molecular formula is C27H27N5O. The number of carbonyl (C=O) groups is 1. The largest absolute Gasteiger partial charge is 0.338 e. The maximum absolute atomic E-state index is 11.9. The molecular weight excluding hydrogens is 410 g/mol. The van der Waals surface area contributed by atoms with Crippen molar-refractivity contribution in [3.8, 4) is 22.5 Å². The van der Waals surface area contributed by atoms with E-state index in [-0.39, 0.29) is 11.3 Å². The van der Waals surface area contributed by atoms with Crippen molar-refractivity contribution >= 4 is 16.8 Å². The summed E-state index contributed by atoms with van der Waals surface area (Å²) in [5.41, 5.74) is 6.95. The molecule has 166 valence electrons. The molecule has 2 fully saturated rings. The summed E-state index contributed by atoms with van der Waals surface area (Å²) in [5, 5.41) is 8.53. The molecule has 1 spiro atoms. The molecule has 0 unspecified atom stereocenters. The molecule has 4 aromatic rings. The Morgan fingerprint density at radius 1 is 1.18 bits per heavy atom. The van der Waals surface area contributed by atoms with Crippen molar-refractivity contribution < 1.29 is 4.79 Å². The molecule has 2 aromatic carbocycles. The van der Waals surface area contributed by atoms with Crippen LogP contribution in [-0.4, -0.2) is 43.6 Å². The van der Waals surface area contributed by atoms with E-state index in [1.54, 1.807) is 0 Å². The zero-order valence-electron chi connectivity index (χ0n) is 19.0. The highest BCUT2D eigenvalue weighted by atomic mass is 16.2. The summed E-state index contributed by atoms with van der Waals surface area (Å²) in [7, 11) is 2.14. The second-order valence-electron chi connectivity index (χ2n) is 9.68. The van der Waals surface area contributed by atoms with E-state index in [4.69, 9.17) is 4.98 Å². The number of imidazole rings is 1. The lowest BCUT2D eigenvalue weighted by Gasteiger charge is -2.58. The molecule has 6 heteroatoms. The molecule has 1 saturated heterocycles. The van der Waals surface area contributed by atoms with Gasteiger partial charge in [-0.15, -0.1) is 0 Å². The number of aryl methyl sites for hydroxylation is 1. The summed E-state index contributed by atoms with van der Waals surface area (Å²) in [6, 6.07) is 14.7. The van der Waals surface area contributed by atoms with Crippen LogP contribution in [0.15, 0.2) is 61.3 Å². The predicted octanol–water partition coefficient (Wildman–Crippen LogP) is 4.83. The fraction of sp³-hybridized carbons (Fsp3) is 0.296. The maximum atomic E-state index is 11.9. The zero-order chi connectivity index (χ0) is 22.7. The van der Waals surface area contributed by atoms with Gasteiger partial charge in [-0.3, -0.25) is 9.89 Å². The summed E-state index contributed by atoms with van der Waals surface area (Å²) >= 11 is 0. The fourth-order valence-electron chi connectivity index (χ4n) is 5.88. The molecule has 2 aromatic heterocycles. The zero-order valence-corrected chi connectivity index (χ0v) is 19.0. The lowest BCUT2D eigenvalue weighted by atomic mass is 9.57. The average Bonchev–Trinajstić information content (AvgIpc) is 3.37. The van der Waals surface area contributed by atoms with Crippen molar-refractivity contribution in [3.63, 3.8) is 0 Å². The fourth-order valence-corrected chi connectivity index (χ4v) is 5.88. The van der Waals surface area contributed by atoms with E-state index in [9.17, 15) is 4.79 Å². The first-order chi connectivity index (χ1) is 16.0. The monoisotopic (exact) mass is 437 g/mol. The first-order valence-corrected chi connectivity index (χ1v) is 11.5. The van der Waals surface area contributed by atoms with Crippen molar-refractivity contribution in [3.05, 3.63) is 72.7 Å². The Balaban J connectivity index is 1.42. The van der Waals surface area contributed by atoms with Crippen LogP contribution < -0.4 is 0 Å². The third-order valence-electron chi connectivity index (χ3n) is 7.51. The van der Waals surface area contributed by atoms with Crippen LogP contribution in [0.5, 0.6) is 0 Å². The lowest BCUT2D eigenvalue weighted by molar-refractivity contribution is -0.146. The van der Waals surface area contributed by atoms with Crippen LogP contribution in [0.25, 0.3) is 33.4 Å². The number of rotatable bonds is 4. The molecule has 6 rings (SSSR count). The smallest absolute Gasteiger partial charge is 0.245 e. The van der Waals surface area contributed by atoms with Crippen LogP contribution in [0.1, 0.15) is 30.1 Å². The Labute approximate surface area is 192 Å². The predicted molar refractivity (Wildman–Crippen MR) is 130 cm³/mol. The summed E-state index contributed by atoms with van der Waals surface area (Å²) in [6.07, 6.45) is 5.47. The second kappa shape index (κ2) is 7.17. The lowest BCUT2D eigenvalue weighted by Crippen LogP contribution is -2.63. The van der Waals surface area contributed by atoms with Crippen LogP contribution in [0.2, 0.25) is 0 Å². The van der Waals surface area contributed by atoms with Crippen LogP contribution in [-0.2, 0) is 11.8 Å². The number of fused-ring (bicyclic) bond motifs is 1. The van der Waals surface area contributed by atoms with Gasteiger partial charge in [0.05, 0.1) is 23.1 Å². The van der Waals surface area contributed by atoms with Crippen LogP contribution >= 0.6 is 0 Å². The van der Waals surface area contributed by atoms with E-state index in [0.29, 0.717) is 5.92 Å². The molecule has 1 N–H and O–H groups in total. The van der Waals surface area contributed by atoms with Crippen molar-refractivity contribution in [2.24, 2.45) is 12.5 Å². The highest BCUT2D eigenvalue weighted by molar-refractivity contribution is 5.98. The van der Waals surface area contributed by atoms with E-state index < -0.39 is 0 Å². The highest BCUT2D eigenvalue weighted by Gasteiger charge is 2.54. The van der Waals surface area contributed by atoms with E-state index in [1.807, 2.05) is 17.2 Å². The average molecular weight is 438 g/mol. The maximum Gasteiger partial charge on any atom is 0.245 e. The third-order valence-corrected chi connectivity index (χ3v) is 7.51. The van der Waals surface area contributed by atoms with Crippen LogP contribution in [0.3, 0.4) is 0 Å². The van der Waals surface area contributed by atoms with Gasteiger partial charge in [0.15, 0.2) is 0 Å². The molecule has 1 saturated carbocycles. The molecule has 2 aliphatic rings. The SMILES string of the molecule is C=CC(=O)N1CC2(CC(c3nc(-c4ccccc4)c(-c4c(C)ccc5[nH]ncc45)n3C)C2)C1. The van der Waals surface area contributed by atoms with Gasteiger partial charge in [0.25, 0.3) is 0 Å². The summed E-state index contributed by atoms with van der Waals surface area (Å²) in [5.74, 6) is 1.57. The number of benzene rings is 2. The van der Waals surface area contributed by atoms with Gasteiger partial charge in [0.1, 0.15) is 5.82 Å². The highest BCUT2D eigenvalue weighted by Crippen LogP contribution is 2.56. The topological polar surface area (TPSA) is 66.8 Å². The summed E-state index contributed by atoms with van der Waals surface area (Å²) < 4.78 is 2.29.